The van der Waals surface area contributed by atoms with Crippen LogP contribution in [0.5, 0.6) is 5.75 Å². The number of aromatic hydroxyl groups is 1. The van der Waals surface area contributed by atoms with E-state index in [1.54, 1.807) is 24.3 Å². The molecule has 4 rings (SSSR count). The average Bonchev–Trinajstić information content (AvgIpc) is 3.14. The number of rotatable bonds is 12. The highest BCUT2D eigenvalue weighted by Crippen LogP contribution is 2.25. The van der Waals surface area contributed by atoms with Crippen LogP contribution in [0, 0.1) is 5.92 Å². The Morgan fingerprint density at radius 3 is 1.93 bits per heavy atom. The summed E-state index contributed by atoms with van der Waals surface area (Å²) in [7, 11) is 0. The topological polar surface area (TPSA) is 265 Å². The van der Waals surface area contributed by atoms with Crippen molar-refractivity contribution in [2.75, 3.05) is 19.6 Å². The van der Waals surface area contributed by atoms with Crippen LogP contribution < -0.4 is 44.2 Å². The fourth-order valence-corrected chi connectivity index (χ4v) is 6.44. The number of amides is 4. The van der Waals surface area contributed by atoms with E-state index in [0.717, 1.165) is 27.5 Å². The van der Waals surface area contributed by atoms with Gasteiger partial charge in [-0.05, 0) is 80.0 Å². The molecule has 0 aromatic heterocycles. The van der Waals surface area contributed by atoms with Gasteiger partial charge in [-0.15, -0.1) is 0 Å². The first-order chi connectivity index (χ1) is 25.8. The summed E-state index contributed by atoms with van der Waals surface area (Å²) in [5, 5.41) is 23.4. The van der Waals surface area contributed by atoms with Crippen LogP contribution in [0.15, 0.2) is 87.9 Å². The predicted octanol–water partition coefficient (Wildman–Crippen LogP) is 0.975. The van der Waals surface area contributed by atoms with Crippen molar-refractivity contribution in [3.8, 4) is 5.75 Å². The van der Waals surface area contributed by atoms with Gasteiger partial charge in [-0.3, -0.25) is 29.2 Å². The Kier molecular flexibility index (Phi) is 14.8. The largest absolute Gasteiger partial charge is 0.508 e. The van der Waals surface area contributed by atoms with Crippen molar-refractivity contribution in [3.05, 3.63) is 89.0 Å². The Labute approximate surface area is 315 Å². The summed E-state index contributed by atoms with van der Waals surface area (Å²) >= 11 is 0. The SMILES string of the molecule is C/C1=C(/C)[C@@H](CCCN=C(N)N)C(=O)N[C@@H](CCCN=C(N)N)C(=O)N[C@@H](Cc2ccc3ccccc3c2)C(=O)NCC(=O)N[C@@H]1Cc1ccc(O)cc1. The number of guanidine groups is 2. The molecule has 1 aliphatic heterocycles. The standard InChI is InChI=1S/C39H52N10O5/c1-23-24(2)32(20-25-12-15-29(50)16-13-25)47-34(51)22-46-36(53)33(21-26-11-14-27-7-3-4-8-28(27)19-26)49-37(54)31(10-6-18-45-39(42)43)48-35(52)30(23)9-5-17-44-38(40)41/h3-4,7-8,11-16,19,30-33,50H,5-6,9-10,17-18,20-22H2,1-2H3,(H,46,53)(H,47,51)(H,48,52)(H,49,54)(H4,40,41,44)(H4,42,43,45)/b24-23+/t30-,31+,32-,33+/m1/s1. The van der Waals surface area contributed by atoms with Crippen molar-refractivity contribution in [1.29, 1.82) is 0 Å². The van der Waals surface area contributed by atoms with E-state index in [1.807, 2.05) is 56.3 Å². The van der Waals surface area contributed by atoms with E-state index < -0.39 is 47.7 Å². The third-order valence-electron chi connectivity index (χ3n) is 9.53. The molecule has 54 heavy (non-hydrogen) atoms. The Hall–Kier alpha value is -6.12. The van der Waals surface area contributed by atoms with Gasteiger partial charge in [0, 0.05) is 19.5 Å². The molecule has 0 radical (unpaired) electrons. The van der Waals surface area contributed by atoms with E-state index in [4.69, 9.17) is 22.9 Å². The van der Waals surface area contributed by atoms with Crippen LogP contribution in [-0.4, -0.2) is 78.4 Å². The number of nitrogens with two attached hydrogens (primary N) is 4. The summed E-state index contributed by atoms with van der Waals surface area (Å²) in [6.07, 6.45) is 1.76. The second-order valence-electron chi connectivity index (χ2n) is 13.5. The lowest BCUT2D eigenvalue weighted by Crippen LogP contribution is -2.55. The van der Waals surface area contributed by atoms with E-state index in [9.17, 15) is 24.3 Å². The number of fused-ring (bicyclic) bond motifs is 1. The van der Waals surface area contributed by atoms with Crippen molar-refractivity contribution < 1.29 is 24.3 Å². The molecule has 4 amide bonds. The van der Waals surface area contributed by atoms with Crippen LogP contribution in [0.2, 0.25) is 0 Å². The summed E-state index contributed by atoms with van der Waals surface area (Å²) in [6.45, 7) is 3.80. The van der Waals surface area contributed by atoms with Crippen LogP contribution >= 0.6 is 0 Å². The molecule has 0 spiro atoms. The Morgan fingerprint density at radius 1 is 0.667 bits per heavy atom. The van der Waals surface area contributed by atoms with Crippen molar-refractivity contribution >= 4 is 46.3 Å². The molecule has 3 aromatic carbocycles. The fraction of sp³-hybridized carbons (Fsp3) is 0.385. The lowest BCUT2D eigenvalue weighted by molar-refractivity contribution is -0.133. The predicted molar refractivity (Wildman–Crippen MR) is 210 cm³/mol. The maximum absolute atomic E-state index is 14.3. The van der Waals surface area contributed by atoms with Crippen molar-refractivity contribution in [3.63, 3.8) is 0 Å². The highest BCUT2D eigenvalue weighted by Gasteiger charge is 2.32. The molecule has 13 N–H and O–H groups in total. The summed E-state index contributed by atoms with van der Waals surface area (Å²) in [4.78, 5) is 63.7. The molecule has 0 fully saturated rings. The minimum absolute atomic E-state index is 0.0689. The van der Waals surface area contributed by atoms with E-state index in [2.05, 4.69) is 31.3 Å². The van der Waals surface area contributed by atoms with Gasteiger partial charge in [-0.2, -0.15) is 0 Å². The molecule has 15 nitrogen and oxygen atoms in total. The van der Waals surface area contributed by atoms with Crippen molar-refractivity contribution in [2.45, 2.75) is 70.5 Å². The second kappa shape index (κ2) is 19.6. The van der Waals surface area contributed by atoms with Gasteiger partial charge in [0.25, 0.3) is 0 Å². The van der Waals surface area contributed by atoms with Gasteiger partial charge in [-0.1, -0.05) is 65.7 Å². The summed E-state index contributed by atoms with van der Waals surface area (Å²) in [6, 6.07) is 17.5. The Bertz CT molecular complexity index is 1880. The van der Waals surface area contributed by atoms with Gasteiger partial charge in [-0.25, -0.2) is 0 Å². The smallest absolute Gasteiger partial charge is 0.243 e. The minimum Gasteiger partial charge on any atom is -0.508 e. The second-order valence-corrected chi connectivity index (χ2v) is 13.5. The van der Waals surface area contributed by atoms with Gasteiger partial charge < -0.3 is 49.3 Å². The van der Waals surface area contributed by atoms with E-state index in [-0.39, 0.29) is 50.1 Å². The van der Waals surface area contributed by atoms with E-state index in [1.165, 1.54) is 0 Å². The molecule has 1 heterocycles. The number of nitrogens with one attached hydrogen (secondary N) is 4. The normalized spacial score (nSPS) is 21.4. The van der Waals surface area contributed by atoms with E-state index >= 15 is 0 Å². The maximum Gasteiger partial charge on any atom is 0.243 e. The van der Waals surface area contributed by atoms with Gasteiger partial charge >= 0.3 is 0 Å². The van der Waals surface area contributed by atoms with Crippen LogP contribution in [0.4, 0.5) is 0 Å². The van der Waals surface area contributed by atoms with Crippen LogP contribution in [-0.2, 0) is 32.0 Å². The lowest BCUT2D eigenvalue weighted by Gasteiger charge is -2.27. The monoisotopic (exact) mass is 740 g/mol. The van der Waals surface area contributed by atoms with Gasteiger partial charge in [0.1, 0.15) is 17.8 Å². The van der Waals surface area contributed by atoms with Gasteiger partial charge in [0.05, 0.1) is 18.5 Å². The van der Waals surface area contributed by atoms with Crippen molar-refractivity contribution in [2.24, 2.45) is 38.8 Å². The number of nitrogens with zero attached hydrogens (tertiary/aromatic N) is 2. The zero-order chi connectivity index (χ0) is 39.2. The lowest BCUT2D eigenvalue weighted by atomic mass is 9.86. The minimum atomic E-state index is -1.08. The molecule has 0 bridgehead atoms. The molecule has 1 aliphatic rings. The summed E-state index contributed by atoms with van der Waals surface area (Å²) < 4.78 is 0. The molecule has 0 saturated carbocycles. The number of hydrogen-bond acceptors (Lipinski definition) is 7. The molecule has 15 heteroatoms. The zero-order valence-electron chi connectivity index (χ0n) is 30.8. The number of hydrogen-bond donors (Lipinski definition) is 9. The molecule has 0 saturated heterocycles. The van der Waals surface area contributed by atoms with E-state index in [0.29, 0.717) is 31.3 Å². The first kappa shape index (κ1) is 40.6. The third kappa shape index (κ3) is 12.2. The number of carbonyl (C=O) groups excluding carboxylic acids is 4. The molecule has 0 aliphatic carbocycles. The number of phenolic OH excluding ortho intramolecular Hbond substituents is 1. The summed E-state index contributed by atoms with van der Waals surface area (Å²) in [5.74, 6) is -2.82. The molecular formula is C39H52N10O5. The first-order valence-corrected chi connectivity index (χ1v) is 18.0. The maximum atomic E-state index is 14.3. The molecule has 3 aromatic rings. The number of benzene rings is 3. The Morgan fingerprint density at radius 2 is 1.26 bits per heavy atom. The fourth-order valence-electron chi connectivity index (χ4n) is 6.44. The van der Waals surface area contributed by atoms with Gasteiger partial charge in [0.15, 0.2) is 11.9 Å². The van der Waals surface area contributed by atoms with Gasteiger partial charge in [0.2, 0.25) is 23.6 Å². The first-order valence-electron chi connectivity index (χ1n) is 18.0. The summed E-state index contributed by atoms with van der Waals surface area (Å²) in [5.41, 5.74) is 25.2. The van der Waals surface area contributed by atoms with Crippen LogP contribution in [0.25, 0.3) is 10.8 Å². The highest BCUT2D eigenvalue weighted by atomic mass is 16.3. The van der Waals surface area contributed by atoms with Crippen LogP contribution in [0.1, 0.15) is 50.7 Å². The quantitative estimate of drug-likeness (QED) is 0.0554. The number of carbonyl (C=O) groups is 4. The zero-order valence-corrected chi connectivity index (χ0v) is 30.8. The molecular weight excluding hydrogens is 688 g/mol. The van der Waals surface area contributed by atoms with Crippen LogP contribution in [0.3, 0.4) is 0 Å². The number of phenols is 1. The molecule has 0 unspecified atom stereocenters. The van der Waals surface area contributed by atoms with Crippen molar-refractivity contribution in [1.82, 2.24) is 21.3 Å². The highest BCUT2D eigenvalue weighted by molar-refractivity contribution is 5.94. The molecule has 288 valence electrons. The third-order valence-corrected chi connectivity index (χ3v) is 9.53. The Balaban J connectivity index is 1.74. The number of aliphatic imine (C=N–C) groups is 2. The molecule has 4 atom stereocenters. The average molecular weight is 741 g/mol.